The number of amides is 1. The van der Waals surface area contributed by atoms with Gasteiger partial charge in [0.25, 0.3) is 11.5 Å². The number of hydrogen-bond acceptors (Lipinski definition) is 7. The Hall–Kier alpha value is -3.98. The average molecular weight is 504 g/mol. The second-order valence-corrected chi connectivity index (χ2v) is 9.32. The van der Waals surface area contributed by atoms with Crippen molar-refractivity contribution in [3.63, 3.8) is 0 Å². The van der Waals surface area contributed by atoms with E-state index in [9.17, 15) is 14.4 Å². The van der Waals surface area contributed by atoms with Crippen LogP contribution in [0.15, 0.2) is 69.6 Å². The number of nitrogens with zero attached hydrogens (tertiary/aromatic N) is 3. The zero-order valence-corrected chi connectivity index (χ0v) is 21.2. The van der Waals surface area contributed by atoms with Crippen LogP contribution in [-0.2, 0) is 14.3 Å². The average Bonchev–Trinajstić information content (AvgIpc) is 3.35. The Balaban J connectivity index is 1.81. The number of rotatable bonds is 5. The van der Waals surface area contributed by atoms with Crippen molar-refractivity contribution in [2.24, 2.45) is 4.99 Å². The quantitative estimate of drug-likeness (QED) is 0.499. The molecule has 0 unspecified atom stereocenters. The standard InChI is InChI=1S/C27H25N3O5S/c1-5-29-19-10-8-7-9-18(19)21(24(29)31)23-25(32)30-22(16-11-13-17(34-4)14-12-16)20(26(33)35-6-2)15(3)28-27(30)36-23/h7-14,22H,5-6H2,1-4H3/b23-21-/t22-/m1/s1. The third-order valence-electron chi connectivity index (χ3n) is 6.39. The highest BCUT2D eigenvalue weighted by atomic mass is 32.1. The number of thiazole rings is 1. The molecule has 0 radical (unpaired) electrons. The first-order valence-corrected chi connectivity index (χ1v) is 12.5. The third kappa shape index (κ3) is 3.58. The van der Waals surface area contributed by atoms with Crippen LogP contribution in [0.2, 0.25) is 0 Å². The molecule has 5 rings (SSSR count). The van der Waals surface area contributed by atoms with Crippen LogP contribution in [0.4, 0.5) is 5.69 Å². The topological polar surface area (TPSA) is 90.2 Å². The van der Waals surface area contributed by atoms with Crippen molar-refractivity contribution in [1.29, 1.82) is 0 Å². The van der Waals surface area contributed by atoms with Crippen LogP contribution >= 0.6 is 11.3 Å². The number of aromatic nitrogens is 1. The van der Waals surface area contributed by atoms with Crippen LogP contribution in [0.3, 0.4) is 0 Å². The fourth-order valence-electron chi connectivity index (χ4n) is 4.76. The van der Waals surface area contributed by atoms with E-state index in [2.05, 4.69) is 4.99 Å². The van der Waals surface area contributed by atoms with Crippen LogP contribution in [0.5, 0.6) is 5.75 Å². The Morgan fingerprint density at radius 1 is 1.08 bits per heavy atom. The highest BCUT2D eigenvalue weighted by molar-refractivity contribution is 7.07. The Morgan fingerprint density at radius 3 is 2.47 bits per heavy atom. The SMILES string of the molecule is CCOC(=O)C1=C(C)N=c2s/c(=C3\C(=O)N(CC)c4ccccc43)c(=O)n2[C@@H]1c1ccc(OC)cc1. The molecule has 2 aliphatic rings. The van der Waals surface area contributed by atoms with Gasteiger partial charge in [0.2, 0.25) is 0 Å². The Labute approximate surface area is 211 Å². The minimum absolute atomic E-state index is 0.192. The van der Waals surface area contributed by atoms with Gasteiger partial charge in [-0.1, -0.05) is 41.7 Å². The summed E-state index contributed by atoms with van der Waals surface area (Å²) in [4.78, 5) is 47.2. The molecule has 0 saturated carbocycles. The van der Waals surface area contributed by atoms with Gasteiger partial charge in [0.1, 0.15) is 10.3 Å². The summed E-state index contributed by atoms with van der Waals surface area (Å²) < 4.78 is 12.4. The number of benzene rings is 2. The van der Waals surface area contributed by atoms with Crippen molar-refractivity contribution in [3.05, 3.63) is 90.6 Å². The van der Waals surface area contributed by atoms with E-state index < -0.39 is 12.0 Å². The van der Waals surface area contributed by atoms with Crippen molar-refractivity contribution >= 4 is 34.5 Å². The normalized spacial score (nSPS) is 18.1. The van der Waals surface area contributed by atoms with Crippen molar-refractivity contribution < 1.29 is 19.1 Å². The summed E-state index contributed by atoms with van der Waals surface area (Å²) in [6.45, 7) is 6.04. The minimum Gasteiger partial charge on any atom is -0.497 e. The maximum Gasteiger partial charge on any atom is 0.338 e. The van der Waals surface area contributed by atoms with E-state index in [0.29, 0.717) is 44.0 Å². The molecule has 0 N–H and O–H groups in total. The molecule has 2 aliphatic heterocycles. The summed E-state index contributed by atoms with van der Waals surface area (Å²) in [6, 6.07) is 13.9. The molecule has 3 heterocycles. The molecule has 36 heavy (non-hydrogen) atoms. The van der Waals surface area contributed by atoms with Gasteiger partial charge < -0.3 is 14.4 Å². The van der Waals surface area contributed by atoms with Gasteiger partial charge in [-0.2, -0.15) is 0 Å². The van der Waals surface area contributed by atoms with Gasteiger partial charge in [0.05, 0.1) is 42.3 Å². The number of carbonyl (C=O) groups is 2. The summed E-state index contributed by atoms with van der Waals surface area (Å²) in [5.74, 6) is -0.0946. The maximum atomic E-state index is 14.0. The molecule has 9 heteroatoms. The van der Waals surface area contributed by atoms with E-state index in [1.54, 1.807) is 38.0 Å². The molecule has 0 bridgehead atoms. The van der Waals surface area contributed by atoms with Crippen LogP contribution in [-0.4, -0.2) is 36.7 Å². The fraction of sp³-hybridized carbons (Fsp3) is 0.259. The summed E-state index contributed by atoms with van der Waals surface area (Å²) in [6.07, 6.45) is 0. The maximum absolute atomic E-state index is 14.0. The molecule has 184 valence electrons. The molecule has 0 aliphatic carbocycles. The predicted octanol–water partition coefficient (Wildman–Crippen LogP) is 2.54. The van der Waals surface area contributed by atoms with Gasteiger partial charge in [0, 0.05) is 12.1 Å². The van der Waals surface area contributed by atoms with Gasteiger partial charge >= 0.3 is 5.97 Å². The van der Waals surface area contributed by atoms with Crippen LogP contribution in [0.1, 0.15) is 37.9 Å². The largest absolute Gasteiger partial charge is 0.497 e. The van der Waals surface area contributed by atoms with Crippen molar-refractivity contribution in [3.8, 4) is 5.75 Å². The lowest BCUT2D eigenvalue weighted by atomic mass is 9.96. The lowest BCUT2D eigenvalue weighted by Crippen LogP contribution is -2.41. The second-order valence-electron chi connectivity index (χ2n) is 8.34. The molecule has 1 aromatic heterocycles. The first-order chi connectivity index (χ1) is 17.4. The predicted molar refractivity (Wildman–Crippen MR) is 137 cm³/mol. The van der Waals surface area contributed by atoms with E-state index in [1.807, 2.05) is 43.3 Å². The Bertz CT molecular complexity index is 1600. The molecule has 2 aromatic carbocycles. The van der Waals surface area contributed by atoms with E-state index in [1.165, 1.54) is 4.57 Å². The number of para-hydroxylation sites is 1. The van der Waals surface area contributed by atoms with E-state index in [0.717, 1.165) is 22.6 Å². The number of ether oxygens (including phenoxy) is 2. The monoisotopic (exact) mass is 503 g/mol. The first-order valence-electron chi connectivity index (χ1n) is 11.7. The van der Waals surface area contributed by atoms with E-state index in [-0.39, 0.29) is 18.1 Å². The molecular formula is C27H25N3O5S. The summed E-state index contributed by atoms with van der Waals surface area (Å²) in [7, 11) is 1.57. The number of methoxy groups -OCH3 is 1. The van der Waals surface area contributed by atoms with Gasteiger partial charge in [-0.15, -0.1) is 0 Å². The number of esters is 1. The molecule has 0 fully saturated rings. The smallest absolute Gasteiger partial charge is 0.338 e. The van der Waals surface area contributed by atoms with Crippen LogP contribution in [0, 0.1) is 0 Å². The second kappa shape index (κ2) is 9.23. The molecule has 1 atom stereocenters. The molecule has 8 nitrogen and oxygen atoms in total. The van der Waals surface area contributed by atoms with Crippen molar-refractivity contribution in [2.75, 3.05) is 25.2 Å². The Kier molecular flexibility index (Phi) is 6.09. The van der Waals surface area contributed by atoms with Gasteiger partial charge in [-0.05, 0) is 44.5 Å². The van der Waals surface area contributed by atoms with Gasteiger partial charge in [0.15, 0.2) is 4.80 Å². The number of carbonyl (C=O) groups excluding carboxylic acids is 2. The lowest BCUT2D eigenvalue weighted by Gasteiger charge is -2.24. The zero-order valence-electron chi connectivity index (χ0n) is 20.4. The van der Waals surface area contributed by atoms with E-state index in [4.69, 9.17) is 9.47 Å². The zero-order chi connectivity index (χ0) is 25.6. The van der Waals surface area contributed by atoms with Crippen LogP contribution < -0.4 is 24.5 Å². The number of likely N-dealkylation sites (N-methyl/N-ethyl adjacent to an activating group) is 1. The molecule has 1 amide bonds. The van der Waals surface area contributed by atoms with Crippen molar-refractivity contribution in [2.45, 2.75) is 26.8 Å². The molecule has 0 saturated heterocycles. The summed E-state index contributed by atoms with van der Waals surface area (Å²) in [5, 5.41) is 0. The lowest BCUT2D eigenvalue weighted by molar-refractivity contribution is -0.139. The fourth-order valence-corrected chi connectivity index (χ4v) is 5.89. The number of anilines is 1. The van der Waals surface area contributed by atoms with Crippen molar-refractivity contribution in [1.82, 2.24) is 4.57 Å². The summed E-state index contributed by atoms with van der Waals surface area (Å²) in [5.41, 5.74) is 2.96. The van der Waals surface area contributed by atoms with Crippen LogP contribution in [0.25, 0.3) is 5.57 Å². The molecule has 3 aromatic rings. The van der Waals surface area contributed by atoms with E-state index >= 15 is 0 Å². The minimum atomic E-state index is -0.755. The number of allylic oxidation sites excluding steroid dienone is 1. The highest BCUT2D eigenvalue weighted by Crippen LogP contribution is 2.35. The highest BCUT2D eigenvalue weighted by Gasteiger charge is 2.36. The number of fused-ring (bicyclic) bond motifs is 2. The summed E-state index contributed by atoms with van der Waals surface area (Å²) >= 11 is 1.16. The Morgan fingerprint density at radius 2 is 1.81 bits per heavy atom. The number of hydrogen-bond donors (Lipinski definition) is 0. The first kappa shape index (κ1) is 23.7. The van der Waals surface area contributed by atoms with Gasteiger partial charge in [-0.3, -0.25) is 14.2 Å². The van der Waals surface area contributed by atoms with Gasteiger partial charge in [-0.25, -0.2) is 9.79 Å². The molecular weight excluding hydrogens is 478 g/mol. The molecule has 0 spiro atoms. The third-order valence-corrected chi connectivity index (χ3v) is 7.44.